The summed E-state index contributed by atoms with van der Waals surface area (Å²) < 4.78 is 0. The number of phenolic OH excluding ortho intramolecular Hbond substituents is 1. The Morgan fingerprint density at radius 1 is 1.19 bits per heavy atom. The van der Waals surface area contributed by atoms with E-state index in [-0.39, 0.29) is 23.3 Å². The molecule has 1 aromatic heterocycles. The van der Waals surface area contributed by atoms with Crippen LogP contribution in [-0.2, 0) is 11.3 Å². The van der Waals surface area contributed by atoms with Crippen molar-refractivity contribution in [3.05, 3.63) is 74.5 Å². The highest BCUT2D eigenvalue weighted by atomic mass is 35.5. The van der Waals surface area contributed by atoms with Crippen LogP contribution >= 0.6 is 11.6 Å². The van der Waals surface area contributed by atoms with Gasteiger partial charge in [-0.1, -0.05) is 29.8 Å². The monoisotopic (exact) mass is 512 g/mol. The number of carbonyl (C=O) groups excluding carboxylic acids is 1. The molecule has 1 saturated heterocycles. The number of phenols is 1. The van der Waals surface area contributed by atoms with Gasteiger partial charge in [0.05, 0.1) is 11.6 Å². The smallest absolute Gasteiger partial charge is 0.248 e. The van der Waals surface area contributed by atoms with Crippen LogP contribution in [0.1, 0.15) is 42.1 Å². The third kappa shape index (κ3) is 6.44. The van der Waals surface area contributed by atoms with Crippen molar-refractivity contribution in [2.45, 2.75) is 44.9 Å². The van der Waals surface area contributed by atoms with Gasteiger partial charge in [0.15, 0.2) is 0 Å². The van der Waals surface area contributed by atoms with Gasteiger partial charge in [-0.15, -0.1) is 0 Å². The minimum Gasteiger partial charge on any atom is -0.506 e. The summed E-state index contributed by atoms with van der Waals surface area (Å²) in [6, 6.07) is 12.2. The standard InChI is InChI=1S/C27H33ClN4O4/c1-17-18(3-2-4-22(17)28)15-30-25(35)11-14-32-12-9-19(10-13-32)29-16-24(34)20-5-7-23(33)27-21(20)6-8-26(36)31-27/h2-8,19,24,29,33-34H,9-16H2,1H3,(H,30,35)(H,31,36)/t24-/m0/s1. The number of amides is 1. The second kappa shape index (κ2) is 11.9. The Morgan fingerprint density at radius 3 is 2.75 bits per heavy atom. The van der Waals surface area contributed by atoms with Crippen LogP contribution in [0.2, 0.25) is 5.02 Å². The summed E-state index contributed by atoms with van der Waals surface area (Å²) in [4.78, 5) is 28.8. The van der Waals surface area contributed by atoms with Gasteiger partial charge in [-0.25, -0.2) is 0 Å². The van der Waals surface area contributed by atoms with Crippen LogP contribution in [0.15, 0.2) is 47.3 Å². The number of likely N-dealkylation sites (tertiary alicyclic amines) is 1. The van der Waals surface area contributed by atoms with Gasteiger partial charge in [-0.2, -0.15) is 0 Å². The Kier molecular flexibility index (Phi) is 8.64. The molecule has 0 aliphatic carbocycles. The predicted octanol–water partition coefficient (Wildman–Crippen LogP) is 2.99. The zero-order valence-electron chi connectivity index (χ0n) is 20.4. The van der Waals surface area contributed by atoms with Gasteiger partial charge in [0, 0.05) is 48.6 Å². The van der Waals surface area contributed by atoms with E-state index < -0.39 is 6.10 Å². The molecule has 9 heteroatoms. The quantitative estimate of drug-likeness (QED) is 0.301. The number of aromatic nitrogens is 1. The van der Waals surface area contributed by atoms with E-state index in [1.165, 1.54) is 12.1 Å². The number of aromatic amines is 1. The highest BCUT2D eigenvalue weighted by Gasteiger charge is 2.21. The highest BCUT2D eigenvalue weighted by Crippen LogP contribution is 2.28. The molecule has 4 rings (SSSR count). The van der Waals surface area contributed by atoms with Crippen molar-refractivity contribution in [2.75, 3.05) is 26.2 Å². The van der Waals surface area contributed by atoms with Gasteiger partial charge in [0.2, 0.25) is 11.5 Å². The Labute approximate surface area is 215 Å². The van der Waals surface area contributed by atoms with Crippen LogP contribution in [0.5, 0.6) is 5.75 Å². The van der Waals surface area contributed by atoms with E-state index in [9.17, 15) is 19.8 Å². The van der Waals surface area contributed by atoms with Gasteiger partial charge in [-0.05, 0) is 67.7 Å². The largest absolute Gasteiger partial charge is 0.506 e. The van der Waals surface area contributed by atoms with E-state index in [2.05, 4.69) is 20.5 Å². The van der Waals surface area contributed by atoms with Crippen molar-refractivity contribution in [1.82, 2.24) is 20.5 Å². The minimum absolute atomic E-state index is 0.0211. The molecule has 0 unspecified atom stereocenters. The number of H-pyrrole nitrogens is 1. The third-order valence-corrected chi connectivity index (χ3v) is 7.37. The number of carbonyl (C=O) groups is 1. The molecule has 192 valence electrons. The summed E-state index contributed by atoms with van der Waals surface area (Å²) in [5.41, 5.74) is 2.70. The molecule has 3 aromatic rings. The molecule has 1 aliphatic heterocycles. The number of hydrogen-bond donors (Lipinski definition) is 5. The Hall–Kier alpha value is -2.91. The molecule has 0 saturated carbocycles. The van der Waals surface area contributed by atoms with E-state index >= 15 is 0 Å². The molecular weight excluding hydrogens is 480 g/mol. The second-order valence-corrected chi connectivity index (χ2v) is 9.78. The van der Waals surface area contributed by atoms with Crippen LogP contribution in [0.25, 0.3) is 10.9 Å². The number of aromatic hydroxyl groups is 1. The molecule has 1 amide bonds. The first kappa shape index (κ1) is 26.2. The first-order valence-corrected chi connectivity index (χ1v) is 12.7. The van der Waals surface area contributed by atoms with Crippen molar-refractivity contribution in [3.8, 4) is 5.75 Å². The summed E-state index contributed by atoms with van der Waals surface area (Å²) in [6.45, 7) is 5.29. The van der Waals surface area contributed by atoms with Gasteiger partial charge in [0.25, 0.3) is 0 Å². The van der Waals surface area contributed by atoms with Gasteiger partial charge >= 0.3 is 0 Å². The fourth-order valence-corrected chi connectivity index (χ4v) is 4.88. The maximum atomic E-state index is 12.3. The molecule has 1 aliphatic rings. The fourth-order valence-electron chi connectivity index (χ4n) is 4.68. The Bertz CT molecular complexity index is 1270. The average molecular weight is 513 g/mol. The number of pyridine rings is 1. The van der Waals surface area contributed by atoms with Crippen molar-refractivity contribution in [3.63, 3.8) is 0 Å². The Morgan fingerprint density at radius 2 is 1.97 bits per heavy atom. The number of halogens is 1. The summed E-state index contributed by atoms with van der Waals surface area (Å²) >= 11 is 6.15. The zero-order chi connectivity index (χ0) is 25.7. The van der Waals surface area contributed by atoms with Crippen molar-refractivity contribution >= 4 is 28.4 Å². The van der Waals surface area contributed by atoms with E-state index in [4.69, 9.17) is 11.6 Å². The third-order valence-electron chi connectivity index (χ3n) is 6.96. The SMILES string of the molecule is Cc1c(Cl)cccc1CNC(=O)CCN1CCC(NC[C@H](O)c2ccc(O)c3[nH]c(=O)ccc23)CC1. The second-order valence-electron chi connectivity index (χ2n) is 9.38. The van der Waals surface area contributed by atoms with Crippen LogP contribution in [0.3, 0.4) is 0 Å². The number of benzene rings is 2. The van der Waals surface area contributed by atoms with Crippen LogP contribution in [0, 0.1) is 6.92 Å². The molecule has 5 N–H and O–H groups in total. The molecule has 2 aromatic carbocycles. The fraction of sp³-hybridized carbons (Fsp3) is 0.407. The summed E-state index contributed by atoms with van der Waals surface area (Å²) in [7, 11) is 0. The number of aliphatic hydroxyl groups is 1. The molecule has 2 heterocycles. The predicted molar refractivity (Wildman–Crippen MR) is 141 cm³/mol. The van der Waals surface area contributed by atoms with Crippen molar-refractivity contribution in [2.24, 2.45) is 0 Å². The summed E-state index contributed by atoms with van der Waals surface area (Å²) in [6.07, 6.45) is 1.54. The topological polar surface area (TPSA) is 118 Å². The van der Waals surface area contributed by atoms with Crippen molar-refractivity contribution in [1.29, 1.82) is 0 Å². The Balaban J connectivity index is 1.19. The number of hydrogen-bond acceptors (Lipinski definition) is 6. The summed E-state index contributed by atoms with van der Waals surface area (Å²) in [5.74, 6) is 0.00690. The molecule has 0 spiro atoms. The normalized spacial score (nSPS) is 15.8. The number of nitrogens with one attached hydrogen (secondary N) is 3. The molecule has 0 bridgehead atoms. The van der Waals surface area contributed by atoms with Gasteiger partial charge in [0.1, 0.15) is 5.75 Å². The maximum Gasteiger partial charge on any atom is 0.248 e. The van der Waals surface area contributed by atoms with E-state index in [0.717, 1.165) is 37.1 Å². The molecule has 1 fully saturated rings. The van der Waals surface area contributed by atoms with E-state index in [1.807, 2.05) is 25.1 Å². The first-order chi connectivity index (χ1) is 17.3. The number of piperidine rings is 1. The highest BCUT2D eigenvalue weighted by molar-refractivity contribution is 6.31. The number of aliphatic hydroxyl groups excluding tert-OH is 1. The molecule has 0 radical (unpaired) electrons. The van der Waals surface area contributed by atoms with Crippen LogP contribution in [-0.4, -0.2) is 58.2 Å². The zero-order valence-corrected chi connectivity index (χ0v) is 21.1. The first-order valence-electron chi connectivity index (χ1n) is 12.3. The lowest BCUT2D eigenvalue weighted by Crippen LogP contribution is -2.44. The number of nitrogens with zero attached hydrogens (tertiary/aromatic N) is 1. The average Bonchev–Trinajstić information content (AvgIpc) is 2.88. The van der Waals surface area contributed by atoms with Gasteiger partial charge in [-0.3, -0.25) is 9.59 Å². The maximum absolute atomic E-state index is 12.3. The molecular formula is C27H33ClN4O4. The van der Waals surface area contributed by atoms with Gasteiger partial charge < -0.3 is 30.7 Å². The molecule has 8 nitrogen and oxygen atoms in total. The molecule has 1 atom stereocenters. The summed E-state index contributed by atoms with van der Waals surface area (Å²) in [5, 5.41) is 28.6. The van der Waals surface area contributed by atoms with E-state index in [0.29, 0.717) is 47.5 Å². The number of fused-ring (bicyclic) bond motifs is 1. The molecule has 36 heavy (non-hydrogen) atoms. The lowest BCUT2D eigenvalue weighted by atomic mass is 10.0. The van der Waals surface area contributed by atoms with E-state index in [1.54, 1.807) is 12.1 Å². The lowest BCUT2D eigenvalue weighted by Gasteiger charge is -2.32. The minimum atomic E-state index is -0.774. The lowest BCUT2D eigenvalue weighted by molar-refractivity contribution is -0.121. The number of rotatable bonds is 9. The van der Waals surface area contributed by atoms with Crippen molar-refractivity contribution < 1.29 is 15.0 Å². The van der Waals surface area contributed by atoms with Crippen LogP contribution < -0.4 is 16.2 Å². The van der Waals surface area contributed by atoms with Crippen LogP contribution in [0.4, 0.5) is 0 Å².